The molecule has 0 saturated heterocycles. The van der Waals surface area contributed by atoms with E-state index in [1.54, 1.807) is 12.1 Å². The molecule has 0 heterocycles. The number of unbranched alkanes of at least 4 members (excludes halogenated alkanes) is 1. The van der Waals surface area contributed by atoms with Crippen LogP contribution >= 0.6 is 0 Å². The number of amides is 2. The Bertz CT molecular complexity index is 727. The van der Waals surface area contributed by atoms with Crippen LogP contribution in [-0.2, 0) is 20.9 Å². The molecule has 0 aromatic heterocycles. The number of halogens is 1. The third kappa shape index (κ3) is 10.4. The maximum atomic E-state index is 12.8. The van der Waals surface area contributed by atoms with E-state index in [-0.39, 0.29) is 18.7 Å². The number of rotatable bonds is 14. The van der Waals surface area contributed by atoms with E-state index in [0.717, 1.165) is 5.56 Å². The summed E-state index contributed by atoms with van der Waals surface area (Å²) in [5.41, 5.74) is 0.911. The number of carbonyl (C=O) groups excluding carboxylic acids is 1. The summed E-state index contributed by atoms with van der Waals surface area (Å²) in [7, 11) is 0. The van der Waals surface area contributed by atoms with Crippen LogP contribution in [0, 0.1) is 5.82 Å². The molecular formula is C19H26FN3O7. The van der Waals surface area contributed by atoms with Crippen LogP contribution in [0.4, 0.5) is 9.18 Å². The Balaban J connectivity index is 2.34. The van der Waals surface area contributed by atoms with Crippen LogP contribution in [0.25, 0.3) is 0 Å². The van der Waals surface area contributed by atoms with Gasteiger partial charge < -0.3 is 31.3 Å². The molecule has 2 atom stereocenters. The van der Waals surface area contributed by atoms with E-state index in [4.69, 9.17) is 10.2 Å². The molecule has 2 amide bonds. The van der Waals surface area contributed by atoms with Gasteiger partial charge in [-0.25, -0.2) is 18.8 Å². The lowest BCUT2D eigenvalue weighted by atomic mass is 10.1. The minimum absolute atomic E-state index is 0.133. The van der Waals surface area contributed by atoms with Crippen molar-refractivity contribution in [3.63, 3.8) is 0 Å². The monoisotopic (exact) mass is 427 g/mol. The molecule has 1 aromatic rings. The normalized spacial score (nSPS) is 12.6. The van der Waals surface area contributed by atoms with Gasteiger partial charge >= 0.3 is 23.9 Å². The summed E-state index contributed by atoms with van der Waals surface area (Å²) in [4.78, 5) is 44.8. The van der Waals surface area contributed by atoms with E-state index >= 15 is 0 Å². The number of nitrogens with one attached hydrogen (secondary N) is 3. The number of benzene rings is 1. The standard InChI is InChI=1S/C19H26FN3O7/c20-13-6-4-12(5-7-13)11-21-10-2-1-3-14(17(26)27)22-19(30)23-15(18(28)29)8-9-16(24)25/h4-7,14-15,21H,1-3,8-11H2,(H,24,25)(H,26,27)(H,28,29)(H2,22,23,30). The van der Waals surface area contributed by atoms with Gasteiger partial charge in [0.1, 0.15) is 17.9 Å². The first kappa shape index (κ1) is 24.8. The molecule has 1 rings (SSSR count). The van der Waals surface area contributed by atoms with Gasteiger partial charge in [-0.15, -0.1) is 0 Å². The second-order valence-electron chi connectivity index (χ2n) is 6.63. The molecule has 0 radical (unpaired) electrons. The zero-order valence-corrected chi connectivity index (χ0v) is 16.3. The maximum absolute atomic E-state index is 12.8. The van der Waals surface area contributed by atoms with Crippen molar-refractivity contribution in [1.82, 2.24) is 16.0 Å². The molecule has 10 nitrogen and oxygen atoms in total. The Morgan fingerprint density at radius 3 is 1.97 bits per heavy atom. The number of urea groups is 1. The first-order valence-electron chi connectivity index (χ1n) is 9.38. The highest BCUT2D eigenvalue weighted by molar-refractivity contribution is 5.86. The van der Waals surface area contributed by atoms with Crippen molar-refractivity contribution >= 4 is 23.9 Å². The van der Waals surface area contributed by atoms with Crippen molar-refractivity contribution < 1.29 is 38.9 Å². The van der Waals surface area contributed by atoms with E-state index in [0.29, 0.717) is 25.9 Å². The summed E-state index contributed by atoms with van der Waals surface area (Å²) in [5, 5.41) is 34.3. The number of aliphatic carboxylic acids is 3. The molecule has 2 unspecified atom stereocenters. The smallest absolute Gasteiger partial charge is 0.326 e. The van der Waals surface area contributed by atoms with Crippen molar-refractivity contribution in [3.05, 3.63) is 35.6 Å². The van der Waals surface area contributed by atoms with Gasteiger partial charge in [0, 0.05) is 13.0 Å². The largest absolute Gasteiger partial charge is 0.481 e. The fourth-order valence-electron chi connectivity index (χ4n) is 2.57. The predicted octanol–water partition coefficient (Wildman–Crippen LogP) is 1.16. The quantitative estimate of drug-likeness (QED) is 0.241. The first-order chi connectivity index (χ1) is 14.2. The van der Waals surface area contributed by atoms with Crippen LogP contribution in [0.15, 0.2) is 24.3 Å². The van der Waals surface area contributed by atoms with Crippen molar-refractivity contribution in [2.45, 2.75) is 50.7 Å². The van der Waals surface area contributed by atoms with Gasteiger partial charge in [-0.05, 0) is 49.9 Å². The molecule has 0 spiro atoms. The predicted molar refractivity (Wildman–Crippen MR) is 103 cm³/mol. The topological polar surface area (TPSA) is 165 Å². The van der Waals surface area contributed by atoms with Gasteiger partial charge in [-0.1, -0.05) is 12.1 Å². The van der Waals surface area contributed by atoms with Crippen LogP contribution < -0.4 is 16.0 Å². The molecule has 0 bridgehead atoms. The summed E-state index contributed by atoms with van der Waals surface area (Å²) < 4.78 is 12.8. The van der Waals surface area contributed by atoms with E-state index in [1.807, 2.05) is 0 Å². The van der Waals surface area contributed by atoms with Crippen LogP contribution in [-0.4, -0.2) is 57.9 Å². The highest BCUT2D eigenvalue weighted by Crippen LogP contribution is 2.04. The van der Waals surface area contributed by atoms with Crippen LogP contribution in [0.5, 0.6) is 0 Å². The number of carboxylic acid groups (broad SMARTS) is 3. The van der Waals surface area contributed by atoms with Crippen molar-refractivity contribution in [2.24, 2.45) is 0 Å². The summed E-state index contributed by atoms with van der Waals surface area (Å²) in [6.07, 6.45) is 0.466. The molecular weight excluding hydrogens is 401 g/mol. The molecule has 1 aromatic carbocycles. The highest BCUT2D eigenvalue weighted by atomic mass is 19.1. The summed E-state index contributed by atoms with van der Waals surface area (Å²) >= 11 is 0. The molecule has 0 saturated carbocycles. The van der Waals surface area contributed by atoms with Gasteiger partial charge in [0.2, 0.25) is 0 Å². The minimum Gasteiger partial charge on any atom is -0.481 e. The van der Waals surface area contributed by atoms with E-state index in [1.165, 1.54) is 12.1 Å². The average Bonchev–Trinajstić information content (AvgIpc) is 2.67. The third-order valence-corrected chi connectivity index (χ3v) is 4.19. The molecule has 30 heavy (non-hydrogen) atoms. The Kier molecular flexibility index (Phi) is 10.8. The van der Waals surface area contributed by atoms with Gasteiger partial charge in [-0.3, -0.25) is 4.79 Å². The molecule has 11 heteroatoms. The Morgan fingerprint density at radius 1 is 0.867 bits per heavy atom. The third-order valence-electron chi connectivity index (χ3n) is 4.19. The molecule has 166 valence electrons. The lowest BCUT2D eigenvalue weighted by Gasteiger charge is -2.18. The number of carbonyl (C=O) groups is 4. The zero-order chi connectivity index (χ0) is 22.5. The van der Waals surface area contributed by atoms with Gasteiger partial charge in [-0.2, -0.15) is 0 Å². The molecule has 6 N–H and O–H groups in total. The summed E-state index contributed by atoms with van der Waals surface area (Å²) in [6.45, 7) is 1.13. The fourth-order valence-corrected chi connectivity index (χ4v) is 2.57. The average molecular weight is 427 g/mol. The summed E-state index contributed by atoms with van der Waals surface area (Å²) in [6, 6.07) is 2.40. The molecule has 0 aliphatic rings. The van der Waals surface area contributed by atoms with Crippen molar-refractivity contribution in [3.8, 4) is 0 Å². The van der Waals surface area contributed by atoms with Gasteiger partial charge in [0.05, 0.1) is 0 Å². The summed E-state index contributed by atoms with van der Waals surface area (Å²) in [5.74, 6) is -4.20. The number of hydrogen-bond acceptors (Lipinski definition) is 5. The lowest BCUT2D eigenvalue weighted by molar-refractivity contribution is -0.140. The van der Waals surface area contributed by atoms with E-state index < -0.39 is 42.4 Å². The minimum atomic E-state index is -1.44. The zero-order valence-electron chi connectivity index (χ0n) is 16.3. The maximum Gasteiger partial charge on any atom is 0.326 e. The van der Waals surface area contributed by atoms with Crippen LogP contribution in [0.1, 0.15) is 37.7 Å². The first-order valence-corrected chi connectivity index (χ1v) is 9.38. The Labute approximate surface area is 172 Å². The van der Waals surface area contributed by atoms with Crippen LogP contribution in [0.2, 0.25) is 0 Å². The van der Waals surface area contributed by atoms with E-state index in [9.17, 15) is 28.7 Å². The second-order valence-corrected chi connectivity index (χ2v) is 6.63. The van der Waals surface area contributed by atoms with E-state index in [2.05, 4.69) is 16.0 Å². The highest BCUT2D eigenvalue weighted by Gasteiger charge is 2.24. The van der Waals surface area contributed by atoms with Gasteiger partial charge in [0.25, 0.3) is 0 Å². The SMILES string of the molecule is O=C(O)CCC(NC(=O)NC(CCCCNCc1ccc(F)cc1)C(=O)O)C(=O)O. The molecule has 0 aliphatic carbocycles. The molecule has 0 aliphatic heterocycles. The van der Waals surface area contributed by atoms with Gasteiger partial charge in [0.15, 0.2) is 0 Å². The Morgan fingerprint density at radius 2 is 1.43 bits per heavy atom. The number of carboxylic acids is 3. The number of hydrogen-bond donors (Lipinski definition) is 6. The second kappa shape index (κ2) is 13.1. The Hall–Kier alpha value is -3.21. The van der Waals surface area contributed by atoms with Crippen molar-refractivity contribution in [2.75, 3.05) is 6.54 Å². The van der Waals surface area contributed by atoms with Crippen molar-refractivity contribution in [1.29, 1.82) is 0 Å². The lowest BCUT2D eigenvalue weighted by Crippen LogP contribution is -2.51. The fraction of sp³-hybridized carbons (Fsp3) is 0.474. The molecule has 0 fully saturated rings. The van der Waals surface area contributed by atoms with Crippen LogP contribution in [0.3, 0.4) is 0 Å².